The molecule has 1 aliphatic heterocycles. The van der Waals surface area contributed by atoms with Gasteiger partial charge in [0.2, 0.25) is 0 Å². The Morgan fingerprint density at radius 3 is 2.62 bits per heavy atom. The van der Waals surface area contributed by atoms with Crippen molar-refractivity contribution in [3.05, 3.63) is 51.9 Å². The molecule has 0 unspecified atom stereocenters. The van der Waals surface area contributed by atoms with Crippen LogP contribution in [0.2, 0.25) is 5.02 Å². The zero-order valence-corrected chi connectivity index (χ0v) is 17.3. The van der Waals surface area contributed by atoms with Gasteiger partial charge in [0, 0.05) is 19.2 Å². The maximum atomic E-state index is 14.4. The lowest BCUT2D eigenvalue weighted by molar-refractivity contribution is -0.131. The van der Waals surface area contributed by atoms with Crippen LogP contribution < -0.4 is 4.90 Å². The Hall–Kier alpha value is -2.29. The molecule has 0 bridgehead atoms. The number of aliphatic carboxylic acids is 1. The summed E-state index contributed by atoms with van der Waals surface area (Å²) < 4.78 is 29.1. The summed E-state index contributed by atoms with van der Waals surface area (Å²) in [4.78, 5) is 21.8. The molecule has 1 fully saturated rings. The monoisotopic (exact) mass is 457 g/mol. The molecule has 152 valence electrons. The number of carbonyl (C=O) groups is 1. The fraction of sp³-hybridized carbons (Fsp3) is 0.211. The molecular formula is C19H15Cl2F2N3O2S. The summed E-state index contributed by atoms with van der Waals surface area (Å²) in [5.74, 6) is -1.67. The first kappa shape index (κ1) is 21.4. The molecule has 2 aromatic heterocycles. The minimum atomic E-state index is -0.950. The van der Waals surface area contributed by atoms with Crippen LogP contribution in [0.15, 0.2) is 35.2 Å². The molecule has 0 saturated carbocycles. The molecule has 1 aromatic carbocycles. The number of thiophene rings is 1. The number of rotatable bonds is 3. The van der Waals surface area contributed by atoms with Crippen molar-refractivity contribution in [3.63, 3.8) is 0 Å². The van der Waals surface area contributed by atoms with Gasteiger partial charge in [0.05, 0.1) is 20.8 Å². The number of hydrogen-bond donors (Lipinski definition) is 1. The molecule has 0 atom stereocenters. The van der Waals surface area contributed by atoms with Crippen LogP contribution in [0.5, 0.6) is 0 Å². The van der Waals surface area contributed by atoms with Gasteiger partial charge in [0.15, 0.2) is 11.6 Å². The van der Waals surface area contributed by atoms with E-state index in [1.807, 2.05) is 10.3 Å². The molecule has 0 amide bonds. The van der Waals surface area contributed by atoms with Crippen molar-refractivity contribution < 1.29 is 18.7 Å². The summed E-state index contributed by atoms with van der Waals surface area (Å²) in [7, 11) is 0. The highest BCUT2D eigenvalue weighted by Gasteiger charge is 2.22. The molecular weight excluding hydrogens is 443 g/mol. The van der Waals surface area contributed by atoms with Crippen LogP contribution in [0.1, 0.15) is 12.8 Å². The van der Waals surface area contributed by atoms with E-state index in [2.05, 4.69) is 9.97 Å². The van der Waals surface area contributed by atoms with Gasteiger partial charge in [-0.15, -0.1) is 23.7 Å². The number of hydrogen-bond acceptors (Lipinski definition) is 5. The van der Waals surface area contributed by atoms with Crippen molar-refractivity contribution in [1.82, 2.24) is 9.97 Å². The maximum Gasteiger partial charge on any atom is 0.328 e. The molecule has 1 aliphatic rings. The van der Waals surface area contributed by atoms with E-state index in [0.717, 1.165) is 22.4 Å². The zero-order chi connectivity index (χ0) is 19.8. The third-order valence-electron chi connectivity index (χ3n) is 4.57. The van der Waals surface area contributed by atoms with E-state index in [9.17, 15) is 13.6 Å². The number of nitrogens with zero attached hydrogens (tertiary/aromatic N) is 3. The van der Waals surface area contributed by atoms with Gasteiger partial charge in [-0.25, -0.2) is 23.5 Å². The molecule has 1 saturated heterocycles. The number of halogens is 4. The smallest absolute Gasteiger partial charge is 0.328 e. The maximum absolute atomic E-state index is 14.4. The van der Waals surface area contributed by atoms with Crippen LogP contribution in [0, 0.1) is 11.6 Å². The van der Waals surface area contributed by atoms with Crippen molar-refractivity contribution in [1.29, 1.82) is 0 Å². The molecule has 29 heavy (non-hydrogen) atoms. The van der Waals surface area contributed by atoms with Crippen LogP contribution in [-0.4, -0.2) is 34.1 Å². The second-order valence-electron chi connectivity index (χ2n) is 6.38. The quantitative estimate of drug-likeness (QED) is 0.425. The van der Waals surface area contributed by atoms with E-state index < -0.39 is 17.6 Å². The van der Waals surface area contributed by atoms with E-state index in [1.54, 1.807) is 6.07 Å². The standard InChI is InChI=1S/C19H14ClF2N3O2S.ClH/c20-12-9-13(21)11(8-14(12)22)18-23-15-3-6-28-17(15)19(24-18)25-4-1-10(2-5-25)7-16(26)27;/h3,6-9H,1-2,4-5H2,(H,26,27);1H. The number of fused-ring (bicyclic) bond motifs is 1. The van der Waals surface area contributed by atoms with Crippen molar-refractivity contribution in [2.75, 3.05) is 18.0 Å². The van der Waals surface area contributed by atoms with E-state index >= 15 is 0 Å². The second-order valence-corrected chi connectivity index (χ2v) is 7.70. The molecule has 5 nitrogen and oxygen atoms in total. The Balaban J connectivity index is 0.00000240. The molecule has 3 aromatic rings. The van der Waals surface area contributed by atoms with Crippen molar-refractivity contribution in [2.45, 2.75) is 12.8 Å². The molecule has 3 heterocycles. The van der Waals surface area contributed by atoms with E-state index in [4.69, 9.17) is 16.7 Å². The van der Waals surface area contributed by atoms with Gasteiger partial charge in [-0.1, -0.05) is 17.2 Å². The summed E-state index contributed by atoms with van der Waals surface area (Å²) in [5, 5.41) is 10.5. The number of carboxylic acids is 1. The normalized spacial score (nSPS) is 14.0. The Bertz CT molecular complexity index is 1110. The lowest BCUT2D eigenvalue weighted by Gasteiger charge is -2.29. The number of benzene rings is 1. The first-order valence-corrected chi connectivity index (χ1v) is 9.75. The summed E-state index contributed by atoms with van der Waals surface area (Å²) in [5.41, 5.74) is 1.46. The van der Waals surface area contributed by atoms with E-state index in [0.29, 0.717) is 37.3 Å². The van der Waals surface area contributed by atoms with Gasteiger partial charge in [0.25, 0.3) is 0 Å². The van der Waals surface area contributed by atoms with Gasteiger partial charge in [-0.05, 0) is 36.4 Å². The second kappa shape index (κ2) is 8.61. The van der Waals surface area contributed by atoms with Gasteiger partial charge in [0.1, 0.15) is 11.6 Å². The fourth-order valence-electron chi connectivity index (χ4n) is 3.20. The molecule has 0 aliphatic carbocycles. The highest BCUT2D eigenvalue weighted by molar-refractivity contribution is 7.17. The van der Waals surface area contributed by atoms with Crippen molar-refractivity contribution in [3.8, 4) is 11.4 Å². The highest BCUT2D eigenvalue weighted by atomic mass is 35.5. The fourth-order valence-corrected chi connectivity index (χ4v) is 4.20. The lowest BCUT2D eigenvalue weighted by atomic mass is 10.0. The molecule has 10 heteroatoms. The molecule has 0 spiro atoms. The zero-order valence-electron chi connectivity index (χ0n) is 14.9. The Labute approximate surface area is 180 Å². The van der Waals surface area contributed by atoms with Gasteiger partial charge in [-0.3, -0.25) is 0 Å². The highest BCUT2D eigenvalue weighted by Crippen LogP contribution is 2.34. The number of carboxylic acid groups (broad SMARTS) is 1. The van der Waals surface area contributed by atoms with Crippen LogP contribution in [0.25, 0.3) is 21.6 Å². The predicted molar refractivity (Wildman–Crippen MR) is 112 cm³/mol. The minimum absolute atomic E-state index is 0. The van der Waals surface area contributed by atoms with Crippen LogP contribution in [0.3, 0.4) is 0 Å². The van der Waals surface area contributed by atoms with Crippen LogP contribution >= 0.6 is 35.3 Å². The van der Waals surface area contributed by atoms with Crippen molar-refractivity contribution >= 4 is 57.3 Å². The van der Waals surface area contributed by atoms with Crippen molar-refractivity contribution in [2.24, 2.45) is 0 Å². The average Bonchev–Trinajstić information content (AvgIpc) is 3.13. The van der Waals surface area contributed by atoms with Crippen LogP contribution in [-0.2, 0) is 4.79 Å². The molecule has 0 radical (unpaired) electrons. The summed E-state index contributed by atoms with van der Waals surface area (Å²) in [6.45, 7) is 1.17. The lowest BCUT2D eigenvalue weighted by Crippen LogP contribution is -2.31. The van der Waals surface area contributed by atoms with Crippen LogP contribution in [0.4, 0.5) is 14.6 Å². The number of anilines is 1. The van der Waals surface area contributed by atoms with E-state index in [-0.39, 0.29) is 28.8 Å². The third-order valence-corrected chi connectivity index (χ3v) is 5.76. The Morgan fingerprint density at radius 1 is 1.21 bits per heavy atom. The third kappa shape index (κ3) is 4.34. The van der Waals surface area contributed by atoms with Gasteiger partial charge < -0.3 is 10.0 Å². The van der Waals surface area contributed by atoms with Gasteiger partial charge in [-0.2, -0.15) is 0 Å². The molecule has 4 rings (SSSR count). The Morgan fingerprint density at radius 2 is 1.93 bits per heavy atom. The number of piperidine rings is 1. The first-order chi connectivity index (χ1) is 13.4. The predicted octanol–water partition coefficient (Wildman–Crippen LogP) is 5.32. The average molecular weight is 458 g/mol. The Kier molecular flexibility index (Phi) is 6.36. The van der Waals surface area contributed by atoms with E-state index in [1.165, 1.54) is 17.4 Å². The summed E-state index contributed by atoms with van der Waals surface area (Å²) in [6.07, 6.45) is 2.44. The topological polar surface area (TPSA) is 66.3 Å². The minimum Gasteiger partial charge on any atom is -0.478 e. The summed E-state index contributed by atoms with van der Waals surface area (Å²) >= 11 is 7.11. The van der Waals surface area contributed by atoms with Gasteiger partial charge >= 0.3 is 5.97 Å². The summed E-state index contributed by atoms with van der Waals surface area (Å²) in [6, 6.07) is 3.72. The number of aromatic nitrogens is 2. The SMILES string of the molecule is Cl.O=C(O)C=C1CCN(c2nc(-c3cc(F)c(Cl)cc3F)nc3ccsc23)CC1. The first-order valence-electron chi connectivity index (χ1n) is 8.50. The largest absolute Gasteiger partial charge is 0.478 e. The molecule has 1 N–H and O–H groups in total.